The van der Waals surface area contributed by atoms with Crippen molar-refractivity contribution in [3.05, 3.63) is 71.3 Å². The van der Waals surface area contributed by atoms with Crippen LogP contribution in [0.15, 0.2) is 54.9 Å². The van der Waals surface area contributed by atoms with Crippen LogP contribution in [0.4, 0.5) is 19.0 Å². The van der Waals surface area contributed by atoms with Crippen molar-refractivity contribution >= 4 is 23.3 Å². The summed E-state index contributed by atoms with van der Waals surface area (Å²) >= 11 is 6.43. The Bertz CT molecular complexity index is 1430. The van der Waals surface area contributed by atoms with Crippen LogP contribution in [0.2, 0.25) is 5.02 Å². The molecule has 1 saturated heterocycles. The van der Waals surface area contributed by atoms with Crippen LogP contribution in [-0.4, -0.2) is 67.2 Å². The van der Waals surface area contributed by atoms with Crippen LogP contribution in [0.25, 0.3) is 22.4 Å². The van der Waals surface area contributed by atoms with Crippen LogP contribution >= 0.6 is 11.6 Å². The van der Waals surface area contributed by atoms with Crippen LogP contribution < -0.4 is 4.90 Å². The standard InChI is InChI=1S/C24H20ClF3N8O/c1-34-32-22(31-33-34)23(37)36-12-10-35(11-13-36)20-7-6-17(15-2-4-16(5-3-15)24(26,27)28)21(30-20)18-8-9-29-14-19(18)25/h2-9,14H,10-13H2,1H3. The molecule has 4 aromatic rings. The minimum atomic E-state index is -4.43. The molecule has 37 heavy (non-hydrogen) atoms. The minimum absolute atomic E-state index is 0.0459. The number of alkyl halides is 3. The Balaban J connectivity index is 1.44. The van der Waals surface area contributed by atoms with E-state index >= 15 is 0 Å². The van der Waals surface area contributed by atoms with Crippen molar-refractivity contribution < 1.29 is 18.0 Å². The van der Waals surface area contributed by atoms with Crippen molar-refractivity contribution in [1.29, 1.82) is 0 Å². The summed E-state index contributed by atoms with van der Waals surface area (Å²) in [5.41, 5.74) is 1.60. The topological polar surface area (TPSA) is 92.9 Å². The highest BCUT2D eigenvalue weighted by molar-refractivity contribution is 6.33. The fraction of sp³-hybridized carbons (Fsp3) is 0.250. The zero-order valence-corrected chi connectivity index (χ0v) is 20.3. The molecule has 3 aromatic heterocycles. The molecule has 4 heterocycles. The molecule has 0 atom stereocenters. The predicted octanol–water partition coefficient (Wildman–Crippen LogP) is 3.97. The third-order valence-electron chi connectivity index (χ3n) is 6.02. The molecule has 0 saturated carbocycles. The maximum atomic E-state index is 13.1. The van der Waals surface area contributed by atoms with Gasteiger partial charge in [-0.2, -0.15) is 18.0 Å². The Kier molecular flexibility index (Phi) is 6.50. The summed E-state index contributed by atoms with van der Waals surface area (Å²) in [6, 6.07) is 10.3. The van der Waals surface area contributed by atoms with Gasteiger partial charge >= 0.3 is 6.18 Å². The Labute approximate surface area is 214 Å². The van der Waals surface area contributed by atoms with Gasteiger partial charge in [0.2, 0.25) is 0 Å². The molecule has 1 aliphatic rings. The van der Waals surface area contributed by atoms with Crippen molar-refractivity contribution in [3.8, 4) is 22.4 Å². The number of hydrogen-bond acceptors (Lipinski definition) is 7. The summed E-state index contributed by atoms with van der Waals surface area (Å²) in [5, 5.41) is 11.8. The first-order valence-electron chi connectivity index (χ1n) is 11.3. The van der Waals surface area contributed by atoms with E-state index in [1.807, 2.05) is 17.0 Å². The molecule has 0 aliphatic carbocycles. The summed E-state index contributed by atoms with van der Waals surface area (Å²) in [5.74, 6) is 0.412. The van der Waals surface area contributed by atoms with Gasteiger partial charge in [0.05, 0.1) is 23.3 Å². The number of halogens is 4. The summed E-state index contributed by atoms with van der Waals surface area (Å²) < 4.78 is 39.2. The van der Waals surface area contributed by atoms with Gasteiger partial charge in [0.15, 0.2) is 0 Å². The van der Waals surface area contributed by atoms with Crippen molar-refractivity contribution in [1.82, 2.24) is 35.1 Å². The van der Waals surface area contributed by atoms with E-state index in [0.717, 1.165) is 12.1 Å². The number of carbonyl (C=O) groups is 1. The van der Waals surface area contributed by atoms with Crippen molar-refractivity contribution in [2.45, 2.75) is 6.18 Å². The smallest absolute Gasteiger partial charge is 0.353 e. The van der Waals surface area contributed by atoms with Gasteiger partial charge in [-0.25, -0.2) is 4.98 Å². The number of rotatable bonds is 4. The fourth-order valence-electron chi connectivity index (χ4n) is 4.12. The lowest BCUT2D eigenvalue weighted by molar-refractivity contribution is -0.137. The van der Waals surface area contributed by atoms with E-state index in [0.29, 0.717) is 59.4 Å². The molecule has 1 amide bonds. The van der Waals surface area contributed by atoms with E-state index < -0.39 is 11.7 Å². The third kappa shape index (κ3) is 5.10. The molecular weight excluding hydrogens is 509 g/mol. The normalized spacial score (nSPS) is 14.2. The molecular formula is C24H20ClF3N8O. The second-order valence-corrected chi connectivity index (χ2v) is 8.79. The average Bonchev–Trinajstić information content (AvgIpc) is 3.34. The first kappa shape index (κ1) is 24.6. The highest BCUT2D eigenvalue weighted by atomic mass is 35.5. The highest BCUT2D eigenvalue weighted by Gasteiger charge is 2.30. The maximum Gasteiger partial charge on any atom is 0.416 e. The van der Waals surface area contributed by atoms with E-state index in [2.05, 4.69) is 20.4 Å². The van der Waals surface area contributed by atoms with Crippen LogP contribution in [0.3, 0.4) is 0 Å². The molecule has 1 aliphatic heterocycles. The molecule has 1 aromatic carbocycles. The maximum absolute atomic E-state index is 13.1. The summed E-state index contributed by atoms with van der Waals surface area (Å²) in [6.07, 6.45) is -1.35. The SMILES string of the molecule is Cn1nnc(C(=O)N2CCN(c3ccc(-c4ccc(C(F)(F)F)cc4)c(-c4ccncc4Cl)n3)CC2)n1. The Morgan fingerprint density at radius 3 is 2.32 bits per heavy atom. The number of carbonyl (C=O) groups excluding carboxylic acids is 1. The van der Waals surface area contributed by atoms with Gasteiger partial charge < -0.3 is 9.80 Å². The number of hydrogen-bond donors (Lipinski definition) is 0. The molecule has 0 N–H and O–H groups in total. The highest BCUT2D eigenvalue weighted by Crippen LogP contribution is 2.37. The minimum Gasteiger partial charge on any atom is -0.353 e. The molecule has 0 bridgehead atoms. The Hall–Kier alpha value is -4.06. The van der Waals surface area contributed by atoms with Gasteiger partial charge in [-0.05, 0) is 41.1 Å². The molecule has 190 valence electrons. The summed E-state index contributed by atoms with van der Waals surface area (Å²) in [6.45, 7) is 1.90. The molecule has 1 fully saturated rings. The van der Waals surface area contributed by atoms with Gasteiger partial charge in [0, 0.05) is 49.7 Å². The van der Waals surface area contributed by atoms with Gasteiger partial charge in [-0.1, -0.05) is 23.7 Å². The summed E-state index contributed by atoms with van der Waals surface area (Å²) in [4.78, 5) is 26.4. The monoisotopic (exact) mass is 528 g/mol. The molecule has 0 unspecified atom stereocenters. The van der Waals surface area contributed by atoms with Crippen LogP contribution in [0, 0.1) is 0 Å². The van der Waals surface area contributed by atoms with Gasteiger partial charge in [-0.15, -0.1) is 10.2 Å². The number of piperazine rings is 1. The number of anilines is 1. The predicted molar refractivity (Wildman–Crippen MR) is 130 cm³/mol. The van der Waals surface area contributed by atoms with Crippen molar-refractivity contribution in [2.75, 3.05) is 31.1 Å². The zero-order chi connectivity index (χ0) is 26.2. The largest absolute Gasteiger partial charge is 0.416 e. The Morgan fingerprint density at radius 2 is 1.70 bits per heavy atom. The number of tetrazole rings is 1. The lowest BCUT2D eigenvalue weighted by Gasteiger charge is -2.35. The number of nitrogens with zero attached hydrogens (tertiary/aromatic N) is 8. The molecule has 5 rings (SSSR count). The van der Waals surface area contributed by atoms with E-state index in [9.17, 15) is 18.0 Å². The number of aryl methyl sites for hydroxylation is 1. The van der Waals surface area contributed by atoms with Crippen molar-refractivity contribution in [3.63, 3.8) is 0 Å². The second-order valence-electron chi connectivity index (χ2n) is 8.38. The van der Waals surface area contributed by atoms with Gasteiger partial charge in [0.25, 0.3) is 11.7 Å². The number of pyridine rings is 2. The van der Waals surface area contributed by atoms with E-state index in [1.54, 1.807) is 24.2 Å². The van der Waals surface area contributed by atoms with Gasteiger partial charge in [0.1, 0.15) is 5.82 Å². The summed E-state index contributed by atoms with van der Waals surface area (Å²) in [7, 11) is 1.59. The molecule has 13 heteroatoms. The molecule has 9 nitrogen and oxygen atoms in total. The second kappa shape index (κ2) is 9.77. The lowest BCUT2D eigenvalue weighted by Crippen LogP contribution is -2.49. The first-order chi connectivity index (χ1) is 17.7. The zero-order valence-electron chi connectivity index (χ0n) is 19.5. The molecule has 0 radical (unpaired) electrons. The van der Waals surface area contributed by atoms with Crippen LogP contribution in [0.5, 0.6) is 0 Å². The van der Waals surface area contributed by atoms with Crippen molar-refractivity contribution in [2.24, 2.45) is 7.05 Å². The quantitative estimate of drug-likeness (QED) is 0.396. The van der Waals surface area contributed by atoms with Gasteiger partial charge in [-0.3, -0.25) is 9.78 Å². The van der Waals surface area contributed by atoms with E-state index in [4.69, 9.17) is 16.6 Å². The van der Waals surface area contributed by atoms with E-state index in [-0.39, 0.29) is 11.7 Å². The number of benzene rings is 1. The van der Waals surface area contributed by atoms with Crippen LogP contribution in [0.1, 0.15) is 16.2 Å². The number of aromatic nitrogens is 6. The van der Waals surface area contributed by atoms with Crippen LogP contribution in [-0.2, 0) is 13.2 Å². The third-order valence-corrected chi connectivity index (χ3v) is 6.32. The molecule has 0 spiro atoms. The fourth-order valence-corrected chi connectivity index (χ4v) is 4.33. The van der Waals surface area contributed by atoms with E-state index in [1.165, 1.54) is 23.1 Å². The Morgan fingerprint density at radius 1 is 0.973 bits per heavy atom. The lowest BCUT2D eigenvalue weighted by atomic mass is 9.98. The average molecular weight is 529 g/mol. The number of amides is 1. The first-order valence-corrected chi connectivity index (χ1v) is 11.7.